The number of halogens is 1. The number of aryl methyl sites for hydroxylation is 2. The fourth-order valence-electron chi connectivity index (χ4n) is 3.50. The topological polar surface area (TPSA) is 32.3 Å². The minimum absolute atomic E-state index is 0.00629. The number of carbonyl (C=O) groups is 1. The fourth-order valence-corrected chi connectivity index (χ4v) is 3.50. The van der Waals surface area contributed by atoms with Crippen LogP contribution in [0.3, 0.4) is 0 Å². The number of rotatable bonds is 4. The largest absolute Gasteiger partial charge is 0.325 e. The van der Waals surface area contributed by atoms with Gasteiger partial charge in [-0.15, -0.1) is 0 Å². The summed E-state index contributed by atoms with van der Waals surface area (Å²) in [6.45, 7) is 6.51. The summed E-state index contributed by atoms with van der Waals surface area (Å²) in [5.41, 5.74) is 4.19. The van der Waals surface area contributed by atoms with E-state index in [9.17, 15) is 9.18 Å². The van der Waals surface area contributed by atoms with E-state index < -0.39 is 0 Å². The van der Waals surface area contributed by atoms with Crippen LogP contribution in [-0.2, 0) is 11.3 Å². The molecule has 2 aromatic carbocycles. The summed E-state index contributed by atoms with van der Waals surface area (Å²) < 4.78 is 13.0. The van der Waals surface area contributed by atoms with Gasteiger partial charge < -0.3 is 5.32 Å². The molecule has 1 amide bonds. The number of likely N-dealkylation sites (tertiary alicyclic amines) is 1. The summed E-state index contributed by atoms with van der Waals surface area (Å²) in [7, 11) is 0. The third-order valence-electron chi connectivity index (χ3n) is 4.93. The highest BCUT2D eigenvalue weighted by Crippen LogP contribution is 2.24. The summed E-state index contributed by atoms with van der Waals surface area (Å²) in [6.07, 6.45) is 1.92. The van der Waals surface area contributed by atoms with Crippen molar-refractivity contribution in [2.75, 3.05) is 18.4 Å². The number of carbonyl (C=O) groups excluding carboxylic acids is 1. The van der Waals surface area contributed by atoms with Gasteiger partial charge in [-0.2, -0.15) is 0 Å². The monoisotopic (exact) mass is 340 g/mol. The molecule has 0 aromatic heterocycles. The van der Waals surface area contributed by atoms with Crippen molar-refractivity contribution in [1.29, 1.82) is 0 Å². The van der Waals surface area contributed by atoms with E-state index in [1.54, 1.807) is 0 Å². The molecule has 3 rings (SSSR count). The van der Waals surface area contributed by atoms with Crippen LogP contribution >= 0.6 is 0 Å². The van der Waals surface area contributed by atoms with Gasteiger partial charge in [-0.05, 0) is 62.1 Å². The average Bonchev–Trinajstić information content (AvgIpc) is 2.60. The third-order valence-corrected chi connectivity index (χ3v) is 4.93. The number of hydrogen-bond acceptors (Lipinski definition) is 2. The van der Waals surface area contributed by atoms with Crippen LogP contribution < -0.4 is 5.32 Å². The number of hydrogen-bond donors (Lipinski definition) is 1. The van der Waals surface area contributed by atoms with Crippen LogP contribution in [-0.4, -0.2) is 23.9 Å². The molecule has 132 valence electrons. The van der Waals surface area contributed by atoms with Crippen molar-refractivity contribution < 1.29 is 9.18 Å². The van der Waals surface area contributed by atoms with Gasteiger partial charge in [0, 0.05) is 18.8 Å². The molecule has 0 radical (unpaired) electrons. The maximum Gasteiger partial charge on any atom is 0.228 e. The fraction of sp³-hybridized carbons (Fsp3) is 0.381. The molecule has 1 fully saturated rings. The van der Waals surface area contributed by atoms with Crippen molar-refractivity contribution >= 4 is 11.6 Å². The van der Waals surface area contributed by atoms with Crippen molar-refractivity contribution in [1.82, 2.24) is 4.90 Å². The summed E-state index contributed by atoms with van der Waals surface area (Å²) in [4.78, 5) is 15.0. The Morgan fingerprint density at radius 1 is 1.16 bits per heavy atom. The van der Waals surface area contributed by atoms with E-state index in [1.807, 2.05) is 44.2 Å². The maximum atomic E-state index is 13.0. The molecular weight excluding hydrogens is 315 g/mol. The van der Waals surface area contributed by atoms with Gasteiger partial charge in [-0.1, -0.05) is 30.3 Å². The number of benzene rings is 2. The Balaban J connectivity index is 1.62. The van der Waals surface area contributed by atoms with E-state index in [-0.39, 0.29) is 17.6 Å². The van der Waals surface area contributed by atoms with Crippen LogP contribution in [0.4, 0.5) is 10.1 Å². The highest BCUT2D eigenvalue weighted by Gasteiger charge is 2.26. The Morgan fingerprint density at radius 3 is 2.52 bits per heavy atom. The van der Waals surface area contributed by atoms with Gasteiger partial charge in [0.2, 0.25) is 5.91 Å². The number of piperidine rings is 1. The van der Waals surface area contributed by atoms with Crippen LogP contribution in [0.5, 0.6) is 0 Å². The Kier molecular flexibility index (Phi) is 5.49. The lowest BCUT2D eigenvalue weighted by Gasteiger charge is -2.32. The van der Waals surface area contributed by atoms with Crippen LogP contribution in [0.25, 0.3) is 0 Å². The quantitative estimate of drug-likeness (QED) is 0.900. The smallest absolute Gasteiger partial charge is 0.228 e. The molecule has 0 unspecified atom stereocenters. The van der Waals surface area contributed by atoms with E-state index in [0.717, 1.165) is 54.9 Å². The highest BCUT2D eigenvalue weighted by molar-refractivity contribution is 5.94. The van der Waals surface area contributed by atoms with Gasteiger partial charge in [0.15, 0.2) is 0 Å². The first-order chi connectivity index (χ1) is 12.0. The predicted octanol–water partition coefficient (Wildman–Crippen LogP) is 4.29. The maximum absolute atomic E-state index is 13.0. The minimum Gasteiger partial charge on any atom is -0.325 e. The first-order valence-corrected chi connectivity index (χ1v) is 8.87. The van der Waals surface area contributed by atoms with E-state index >= 15 is 0 Å². The second-order valence-electron chi connectivity index (χ2n) is 6.96. The molecular formula is C21H25FN2O. The normalized spacial score (nSPS) is 18.1. The third kappa shape index (κ3) is 4.45. The Bertz CT molecular complexity index is 722. The van der Waals surface area contributed by atoms with Gasteiger partial charge in [-0.25, -0.2) is 4.39 Å². The van der Waals surface area contributed by atoms with E-state index in [0.29, 0.717) is 0 Å². The van der Waals surface area contributed by atoms with Crippen molar-refractivity contribution in [3.8, 4) is 0 Å². The van der Waals surface area contributed by atoms with E-state index in [2.05, 4.69) is 10.2 Å². The van der Waals surface area contributed by atoms with Gasteiger partial charge in [0.05, 0.1) is 5.92 Å². The first-order valence-electron chi connectivity index (χ1n) is 8.87. The predicted molar refractivity (Wildman–Crippen MR) is 98.9 cm³/mol. The van der Waals surface area contributed by atoms with Gasteiger partial charge >= 0.3 is 0 Å². The lowest BCUT2D eigenvalue weighted by atomic mass is 9.96. The van der Waals surface area contributed by atoms with Crippen LogP contribution in [0, 0.1) is 25.6 Å². The number of para-hydroxylation sites is 1. The Morgan fingerprint density at radius 2 is 1.84 bits per heavy atom. The average molecular weight is 340 g/mol. The van der Waals surface area contributed by atoms with Crippen LogP contribution in [0.1, 0.15) is 29.5 Å². The molecule has 1 aliphatic rings. The summed E-state index contributed by atoms with van der Waals surface area (Å²) in [5, 5.41) is 3.12. The molecule has 1 heterocycles. The van der Waals surface area contributed by atoms with Crippen LogP contribution in [0.2, 0.25) is 0 Å². The minimum atomic E-state index is -0.215. The molecule has 2 aromatic rings. The van der Waals surface area contributed by atoms with Gasteiger partial charge in [0.25, 0.3) is 0 Å². The van der Waals surface area contributed by atoms with Crippen molar-refractivity contribution in [3.05, 3.63) is 65.0 Å². The summed E-state index contributed by atoms with van der Waals surface area (Å²) in [5.74, 6) is -0.123. The first kappa shape index (κ1) is 17.6. The molecule has 25 heavy (non-hydrogen) atoms. The lowest BCUT2D eigenvalue weighted by molar-refractivity contribution is -0.121. The lowest BCUT2D eigenvalue weighted by Crippen LogP contribution is -2.40. The molecule has 1 aliphatic heterocycles. The standard InChI is InChI=1S/C21H25FN2O/c1-15-5-3-6-16(2)20(15)23-21(25)18-7-4-12-24(14-18)13-17-8-10-19(22)11-9-17/h3,5-6,8-11,18H,4,7,12-14H2,1-2H3,(H,23,25)/t18-/m1/s1. The molecule has 1 saturated heterocycles. The molecule has 0 spiro atoms. The van der Waals surface area contributed by atoms with E-state index in [1.165, 1.54) is 12.1 Å². The molecule has 4 heteroatoms. The second kappa shape index (κ2) is 7.79. The number of nitrogens with zero attached hydrogens (tertiary/aromatic N) is 1. The summed E-state index contributed by atoms with van der Waals surface area (Å²) in [6, 6.07) is 12.7. The SMILES string of the molecule is Cc1cccc(C)c1NC(=O)[C@@H]1CCCN(Cc2ccc(F)cc2)C1. The van der Waals surface area contributed by atoms with Crippen molar-refractivity contribution in [3.63, 3.8) is 0 Å². The zero-order chi connectivity index (χ0) is 17.8. The number of nitrogens with one attached hydrogen (secondary N) is 1. The van der Waals surface area contributed by atoms with Gasteiger partial charge in [0.1, 0.15) is 5.82 Å². The van der Waals surface area contributed by atoms with Crippen molar-refractivity contribution in [2.45, 2.75) is 33.2 Å². The number of amides is 1. The highest BCUT2D eigenvalue weighted by atomic mass is 19.1. The zero-order valence-electron chi connectivity index (χ0n) is 14.9. The van der Waals surface area contributed by atoms with E-state index in [4.69, 9.17) is 0 Å². The zero-order valence-corrected chi connectivity index (χ0v) is 14.9. The number of anilines is 1. The molecule has 3 nitrogen and oxygen atoms in total. The molecule has 0 saturated carbocycles. The Labute approximate surface area is 148 Å². The summed E-state index contributed by atoms with van der Waals surface area (Å²) >= 11 is 0. The molecule has 0 aliphatic carbocycles. The van der Waals surface area contributed by atoms with Crippen LogP contribution in [0.15, 0.2) is 42.5 Å². The van der Waals surface area contributed by atoms with Gasteiger partial charge in [-0.3, -0.25) is 9.69 Å². The molecule has 1 N–H and O–H groups in total. The molecule has 1 atom stereocenters. The Hall–Kier alpha value is -2.20. The molecule has 0 bridgehead atoms. The second-order valence-corrected chi connectivity index (χ2v) is 6.96. The van der Waals surface area contributed by atoms with Crippen molar-refractivity contribution in [2.24, 2.45) is 5.92 Å².